The minimum atomic E-state index is -0.353. The van der Waals surface area contributed by atoms with Gasteiger partial charge in [-0.05, 0) is 29.5 Å². The molecule has 0 unspecified atom stereocenters. The molecule has 0 amide bonds. The standard InChI is InChI=1S/C9H6FN5S/c1-4-11-8-6(10)2-5(3-7(8)16-4)9-12-14-15-13-9/h2-3H,1H3,(H,12,13,14,15). The van der Waals surface area contributed by atoms with Crippen molar-refractivity contribution in [3.63, 3.8) is 0 Å². The van der Waals surface area contributed by atoms with Gasteiger partial charge in [0.15, 0.2) is 11.6 Å². The molecule has 0 fully saturated rings. The number of thiazole rings is 1. The van der Waals surface area contributed by atoms with Gasteiger partial charge in [0.05, 0.1) is 9.71 Å². The molecule has 0 bridgehead atoms. The van der Waals surface area contributed by atoms with E-state index in [9.17, 15) is 4.39 Å². The molecule has 2 aromatic heterocycles. The molecule has 0 radical (unpaired) electrons. The van der Waals surface area contributed by atoms with Crippen LogP contribution in [-0.2, 0) is 0 Å². The van der Waals surface area contributed by atoms with Crippen LogP contribution in [0.5, 0.6) is 0 Å². The minimum absolute atomic E-state index is 0.353. The number of halogens is 1. The number of nitrogens with zero attached hydrogens (tertiary/aromatic N) is 4. The fourth-order valence-corrected chi connectivity index (χ4v) is 2.40. The molecule has 16 heavy (non-hydrogen) atoms. The normalized spacial score (nSPS) is 11.1. The first kappa shape index (κ1) is 9.34. The Morgan fingerprint density at radius 1 is 1.38 bits per heavy atom. The molecule has 0 aliphatic rings. The highest BCUT2D eigenvalue weighted by Gasteiger charge is 2.11. The summed E-state index contributed by atoms with van der Waals surface area (Å²) in [5, 5.41) is 14.1. The molecule has 3 rings (SSSR count). The Bertz CT molecular complexity index is 645. The van der Waals surface area contributed by atoms with Crippen molar-refractivity contribution < 1.29 is 4.39 Å². The van der Waals surface area contributed by atoms with Crippen LogP contribution < -0.4 is 0 Å². The molecule has 0 saturated heterocycles. The van der Waals surface area contributed by atoms with E-state index in [0.29, 0.717) is 16.9 Å². The number of rotatable bonds is 1. The predicted octanol–water partition coefficient (Wildman–Crippen LogP) is 1.92. The van der Waals surface area contributed by atoms with Crippen molar-refractivity contribution in [1.29, 1.82) is 0 Å². The van der Waals surface area contributed by atoms with Gasteiger partial charge in [-0.2, -0.15) is 0 Å². The number of aryl methyl sites for hydroxylation is 1. The van der Waals surface area contributed by atoms with Gasteiger partial charge in [-0.25, -0.2) is 14.5 Å². The van der Waals surface area contributed by atoms with Crippen molar-refractivity contribution in [2.24, 2.45) is 0 Å². The summed E-state index contributed by atoms with van der Waals surface area (Å²) >= 11 is 1.44. The zero-order valence-corrected chi connectivity index (χ0v) is 9.05. The van der Waals surface area contributed by atoms with Crippen LogP contribution in [0.15, 0.2) is 12.1 Å². The third kappa shape index (κ3) is 1.36. The first-order valence-corrected chi connectivity index (χ1v) is 5.36. The van der Waals surface area contributed by atoms with E-state index in [0.717, 1.165) is 9.71 Å². The second kappa shape index (κ2) is 3.31. The van der Waals surface area contributed by atoms with Crippen molar-refractivity contribution in [3.8, 4) is 11.4 Å². The molecule has 0 saturated carbocycles. The quantitative estimate of drug-likeness (QED) is 0.699. The lowest BCUT2D eigenvalue weighted by Crippen LogP contribution is -1.85. The number of tetrazole rings is 1. The summed E-state index contributed by atoms with van der Waals surface area (Å²) in [6.07, 6.45) is 0. The van der Waals surface area contributed by atoms with Crippen LogP contribution in [0.3, 0.4) is 0 Å². The van der Waals surface area contributed by atoms with Gasteiger partial charge in [0.1, 0.15) is 5.52 Å². The Morgan fingerprint density at radius 3 is 3.00 bits per heavy atom. The fraction of sp³-hybridized carbons (Fsp3) is 0.111. The van der Waals surface area contributed by atoms with Crippen LogP contribution in [0.4, 0.5) is 4.39 Å². The van der Waals surface area contributed by atoms with Crippen LogP contribution in [0.25, 0.3) is 21.6 Å². The summed E-state index contributed by atoms with van der Waals surface area (Å²) in [5.74, 6) is 0.0973. The summed E-state index contributed by atoms with van der Waals surface area (Å²) < 4.78 is 14.5. The van der Waals surface area contributed by atoms with Gasteiger partial charge >= 0.3 is 0 Å². The van der Waals surface area contributed by atoms with E-state index in [4.69, 9.17) is 0 Å². The molecule has 0 atom stereocenters. The maximum absolute atomic E-state index is 13.7. The number of hydrogen-bond acceptors (Lipinski definition) is 5. The van der Waals surface area contributed by atoms with Crippen molar-refractivity contribution in [1.82, 2.24) is 25.6 Å². The smallest absolute Gasteiger partial charge is 0.179 e. The summed E-state index contributed by atoms with van der Waals surface area (Å²) in [5.41, 5.74) is 1.03. The maximum atomic E-state index is 13.7. The zero-order chi connectivity index (χ0) is 11.1. The van der Waals surface area contributed by atoms with Gasteiger partial charge in [0.2, 0.25) is 0 Å². The molecule has 3 aromatic rings. The van der Waals surface area contributed by atoms with E-state index in [-0.39, 0.29) is 5.82 Å². The lowest BCUT2D eigenvalue weighted by Gasteiger charge is -1.96. The van der Waals surface area contributed by atoms with Gasteiger partial charge in [-0.1, -0.05) is 0 Å². The number of fused-ring (bicyclic) bond motifs is 1. The van der Waals surface area contributed by atoms with E-state index in [1.54, 1.807) is 0 Å². The van der Waals surface area contributed by atoms with Crippen LogP contribution in [0.2, 0.25) is 0 Å². The number of benzene rings is 1. The van der Waals surface area contributed by atoms with E-state index in [2.05, 4.69) is 25.6 Å². The van der Waals surface area contributed by atoms with Gasteiger partial charge in [0, 0.05) is 5.56 Å². The minimum Gasteiger partial charge on any atom is -0.239 e. The lowest BCUT2D eigenvalue weighted by atomic mass is 10.2. The first-order chi connectivity index (χ1) is 7.74. The summed E-state index contributed by atoms with van der Waals surface area (Å²) in [4.78, 5) is 4.12. The molecule has 0 spiro atoms. The largest absolute Gasteiger partial charge is 0.239 e. The molecule has 5 nitrogen and oxygen atoms in total. The van der Waals surface area contributed by atoms with Crippen LogP contribution in [-0.4, -0.2) is 25.6 Å². The Kier molecular flexibility index (Phi) is 1.93. The van der Waals surface area contributed by atoms with Crippen molar-refractivity contribution in [2.75, 3.05) is 0 Å². The zero-order valence-electron chi connectivity index (χ0n) is 8.23. The van der Waals surface area contributed by atoms with E-state index >= 15 is 0 Å². The fourth-order valence-electron chi connectivity index (χ4n) is 1.52. The molecule has 0 aliphatic carbocycles. The van der Waals surface area contributed by atoms with E-state index in [1.165, 1.54) is 17.4 Å². The van der Waals surface area contributed by atoms with Crippen LogP contribution in [0, 0.1) is 12.7 Å². The molecule has 1 aromatic carbocycles. The Labute approximate surface area is 93.3 Å². The predicted molar refractivity (Wildman–Crippen MR) is 57.5 cm³/mol. The highest BCUT2D eigenvalue weighted by Crippen LogP contribution is 2.28. The molecule has 1 N–H and O–H groups in total. The second-order valence-corrected chi connectivity index (χ2v) is 4.52. The SMILES string of the molecule is Cc1nc2c(F)cc(-c3nnn[nH]3)cc2s1. The molecule has 80 valence electrons. The number of H-pyrrole nitrogens is 1. The molecule has 7 heteroatoms. The molecular weight excluding hydrogens is 229 g/mol. The number of hydrogen-bond donors (Lipinski definition) is 1. The van der Waals surface area contributed by atoms with Gasteiger partial charge in [-0.3, -0.25) is 0 Å². The third-order valence-electron chi connectivity index (χ3n) is 2.17. The summed E-state index contributed by atoms with van der Waals surface area (Å²) in [7, 11) is 0. The number of aromatic nitrogens is 5. The van der Waals surface area contributed by atoms with Crippen molar-refractivity contribution in [3.05, 3.63) is 23.0 Å². The van der Waals surface area contributed by atoms with Crippen molar-refractivity contribution in [2.45, 2.75) is 6.92 Å². The van der Waals surface area contributed by atoms with E-state index < -0.39 is 0 Å². The van der Waals surface area contributed by atoms with E-state index in [1.807, 2.05) is 13.0 Å². The second-order valence-electron chi connectivity index (χ2n) is 3.29. The number of nitrogens with one attached hydrogen (secondary N) is 1. The van der Waals surface area contributed by atoms with Crippen molar-refractivity contribution >= 4 is 21.6 Å². The first-order valence-electron chi connectivity index (χ1n) is 4.55. The highest BCUT2D eigenvalue weighted by molar-refractivity contribution is 7.18. The molecule has 0 aliphatic heterocycles. The highest BCUT2D eigenvalue weighted by atomic mass is 32.1. The third-order valence-corrected chi connectivity index (χ3v) is 3.09. The Balaban J connectivity index is 2.28. The Hall–Kier alpha value is -1.89. The summed E-state index contributed by atoms with van der Waals surface area (Å²) in [6.45, 7) is 1.85. The average Bonchev–Trinajstić information content (AvgIpc) is 2.84. The summed E-state index contributed by atoms with van der Waals surface area (Å²) in [6, 6.07) is 3.20. The topological polar surface area (TPSA) is 67.3 Å². The molecular formula is C9H6FN5S. The Morgan fingerprint density at radius 2 is 2.25 bits per heavy atom. The maximum Gasteiger partial charge on any atom is 0.179 e. The van der Waals surface area contributed by atoms with Gasteiger partial charge in [-0.15, -0.1) is 16.4 Å². The van der Waals surface area contributed by atoms with Crippen LogP contribution in [0.1, 0.15) is 5.01 Å². The van der Waals surface area contributed by atoms with Crippen LogP contribution >= 0.6 is 11.3 Å². The monoisotopic (exact) mass is 235 g/mol. The van der Waals surface area contributed by atoms with Gasteiger partial charge < -0.3 is 0 Å². The van der Waals surface area contributed by atoms with Gasteiger partial charge in [0.25, 0.3) is 0 Å². The lowest BCUT2D eigenvalue weighted by molar-refractivity contribution is 0.637. The average molecular weight is 235 g/mol. The molecule has 2 heterocycles. The number of aromatic amines is 1.